The zero-order chi connectivity index (χ0) is 13.0. The van der Waals surface area contributed by atoms with Crippen molar-refractivity contribution in [3.8, 4) is 5.75 Å². The van der Waals surface area contributed by atoms with Crippen molar-refractivity contribution in [1.29, 1.82) is 0 Å². The van der Waals surface area contributed by atoms with Gasteiger partial charge in [0.15, 0.2) is 0 Å². The van der Waals surface area contributed by atoms with Gasteiger partial charge in [-0.05, 0) is 18.1 Å². The number of morpholine rings is 1. The molecular weight excluding hydrogens is 230 g/mol. The van der Waals surface area contributed by atoms with Gasteiger partial charge < -0.3 is 14.4 Å². The van der Waals surface area contributed by atoms with Crippen LogP contribution in [0.4, 0.5) is 0 Å². The third-order valence-corrected chi connectivity index (χ3v) is 3.21. The van der Waals surface area contributed by atoms with Crippen LogP contribution in [-0.4, -0.2) is 44.2 Å². The van der Waals surface area contributed by atoms with E-state index in [-0.39, 0.29) is 5.91 Å². The summed E-state index contributed by atoms with van der Waals surface area (Å²) in [4.78, 5) is 14.3. The number of hydrogen-bond acceptors (Lipinski definition) is 3. The molecule has 1 amide bonds. The van der Waals surface area contributed by atoms with Crippen LogP contribution in [0, 0.1) is 0 Å². The standard InChI is InChI=1S/C14H19NO3/c1-3-11-5-4-6-12(13(11)17-2)14(16)15-7-9-18-10-8-15/h4-6H,3,7-10H2,1-2H3. The lowest BCUT2D eigenvalue weighted by atomic mass is 10.1. The summed E-state index contributed by atoms with van der Waals surface area (Å²) in [5.74, 6) is 0.738. The molecule has 0 spiro atoms. The fourth-order valence-electron chi connectivity index (χ4n) is 2.21. The monoisotopic (exact) mass is 249 g/mol. The number of carbonyl (C=O) groups is 1. The lowest BCUT2D eigenvalue weighted by molar-refractivity contribution is 0.0301. The summed E-state index contributed by atoms with van der Waals surface area (Å²) in [5, 5.41) is 0. The molecule has 98 valence electrons. The minimum Gasteiger partial charge on any atom is -0.496 e. The van der Waals surface area contributed by atoms with E-state index in [1.165, 1.54) is 0 Å². The second kappa shape index (κ2) is 5.87. The van der Waals surface area contributed by atoms with Crippen LogP contribution in [0.15, 0.2) is 18.2 Å². The lowest BCUT2D eigenvalue weighted by Gasteiger charge is -2.27. The summed E-state index contributed by atoms with van der Waals surface area (Å²) in [6, 6.07) is 5.74. The van der Waals surface area contributed by atoms with E-state index in [4.69, 9.17) is 9.47 Å². The molecule has 1 heterocycles. The van der Waals surface area contributed by atoms with Crippen molar-refractivity contribution in [2.75, 3.05) is 33.4 Å². The molecule has 0 saturated carbocycles. The van der Waals surface area contributed by atoms with Gasteiger partial charge in [-0.3, -0.25) is 4.79 Å². The Hall–Kier alpha value is -1.55. The Labute approximate surface area is 107 Å². The first-order valence-corrected chi connectivity index (χ1v) is 6.30. The topological polar surface area (TPSA) is 38.8 Å². The number of ether oxygens (including phenoxy) is 2. The molecule has 0 aliphatic carbocycles. The molecule has 4 nitrogen and oxygen atoms in total. The quantitative estimate of drug-likeness (QED) is 0.819. The summed E-state index contributed by atoms with van der Waals surface area (Å²) >= 11 is 0. The molecule has 18 heavy (non-hydrogen) atoms. The maximum Gasteiger partial charge on any atom is 0.257 e. The van der Waals surface area contributed by atoms with Gasteiger partial charge in [-0.25, -0.2) is 0 Å². The van der Waals surface area contributed by atoms with Crippen LogP contribution in [0.5, 0.6) is 5.75 Å². The Morgan fingerprint density at radius 3 is 2.72 bits per heavy atom. The van der Waals surface area contributed by atoms with Gasteiger partial charge in [-0.1, -0.05) is 19.1 Å². The minimum atomic E-state index is 0.0328. The molecule has 0 bridgehead atoms. The Kier molecular flexibility index (Phi) is 4.20. The van der Waals surface area contributed by atoms with E-state index >= 15 is 0 Å². The fraction of sp³-hybridized carbons (Fsp3) is 0.500. The average molecular weight is 249 g/mol. The van der Waals surface area contributed by atoms with E-state index < -0.39 is 0 Å². The molecule has 1 aromatic rings. The molecule has 2 rings (SSSR count). The fourth-order valence-corrected chi connectivity index (χ4v) is 2.21. The summed E-state index contributed by atoms with van der Waals surface area (Å²) in [7, 11) is 1.62. The molecule has 0 atom stereocenters. The third-order valence-electron chi connectivity index (χ3n) is 3.21. The van der Waals surface area contributed by atoms with E-state index in [0.717, 1.165) is 12.0 Å². The normalized spacial score (nSPS) is 15.6. The molecule has 1 fully saturated rings. The van der Waals surface area contributed by atoms with Gasteiger partial charge >= 0.3 is 0 Å². The smallest absolute Gasteiger partial charge is 0.257 e. The highest BCUT2D eigenvalue weighted by Gasteiger charge is 2.22. The summed E-state index contributed by atoms with van der Waals surface area (Å²) < 4.78 is 10.7. The molecule has 0 aromatic heterocycles. The summed E-state index contributed by atoms with van der Waals surface area (Å²) in [5.41, 5.74) is 1.72. The first kappa shape index (κ1) is 12.9. The largest absolute Gasteiger partial charge is 0.496 e. The predicted molar refractivity (Wildman–Crippen MR) is 69.1 cm³/mol. The third kappa shape index (κ3) is 2.48. The van der Waals surface area contributed by atoms with Crippen LogP contribution < -0.4 is 4.74 Å². The Bertz CT molecular complexity index is 425. The highest BCUT2D eigenvalue weighted by Crippen LogP contribution is 2.25. The van der Waals surface area contributed by atoms with Gasteiger partial charge in [0.1, 0.15) is 5.75 Å². The van der Waals surface area contributed by atoms with Crippen molar-refractivity contribution in [3.63, 3.8) is 0 Å². The molecule has 1 aromatic carbocycles. The number of rotatable bonds is 3. The number of amides is 1. The lowest BCUT2D eigenvalue weighted by Crippen LogP contribution is -2.40. The molecule has 1 aliphatic heterocycles. The average Bonchev–Trinajstić information content (AvgIpc) is 2.46. The van der Waals surface area contributed by atoms with Crippen LogP contribution in [0.1, 0.15) is 22.8 Å². The highest BCUT2D eigenvalue weighted by molar-refractivity contribution is 5.97. The van der Waals surface area contributed by atoms with Crippen molar-refractivity contribution in [3.05, 3.63) is 29.3 Å². The first-order chi connectivity index (χ1) is 8.77. The second-order valence-electron chi connectivity index (χ2n) is 4.26. The highest BCUT2D eigenvalue weighted by atomic mass is 16.5. The molecule has 0 radical (unpaired) electrons. The molecular formula is C14H19NO3. The van der Waals surface area contributed by atoms with Crippen LogP contribution in [0.3, 0.4) is 0 Å². The van der Waals surface area contributed by atoms with Gasteiger partial charge in [-0.15, -0.1) is 0 Å². The molecule has 4 heteroatoms. The van der Waals surface area contributed by atoms with Gasteiger partial charge in [0.2, 0.25) is 0 Å². The van der Waals surface area contributed by atoms with E-state index in [9.17, 15) is 4.79 Å². The maximum atomic E-state index is 12.4. The Morgan fingerprint density at radius 2 is 2.11 bits per heavy atom. The van der Waals surface area contributed by atoms with E-state index in [1.807, 2.05) is 23.1 Å². The molecule has 1 aliphatic rings. The van der Waals surface area contributed by atoms with Crippen LogP contribution in [0.25, 0.3) is 0 Å². The second-order valence-corrected chi connectivity index (χ2v) is 4.26. The molecule has 0 unspecified atom stereocenters. The number of benzene rings is 1. The zero-order valence-corrected chi connectivity index (χ0v) is 10.9. The minimum absolute atomic E-state index is 0.0328. The van der Waals surface area contributed by atoms with E-state index in [2.05, 4.69) is 6.92 Å². The van der Waals surface area contributed by atoms with Crippen molar-refractivity contribution in [2.45, 2.75) is 13.3 Å². The van der Waals surface area contributed by atoms with Crippen molar-refractivity contribution in [2.24, 2.45) is 0 Å². The van der Waals surface area contributed by atoms with Crippen molar-refractivity contribution < 1.29 is 14.3 Å². The SMILES string of the molecule is CCc1cccc(C(=O)N2CCOCC2)c1OC. The first-order valence-electron chi connectivity index (χ1n) is 6.30. The van der Waals surface area contributed by atoms with Gasteiger partial charge in [0, 0.05) is 13.1 Å². The maximum absolute atomic E-state index is 12.4. The Balaban J connectivity index is 2.28. The van der Waals surface area contributed by atoms with Crippen molar-refractivity contribution in [1.82, 2.24) is 4.90 Å². The number of nitrogens with zero attached hydrogens (tertiary/aromatic N) is 1. The predicted octanol–water partition coefficient (Wildman–Crippen LogP) is 1.73. The van der Waals surface area contributed by atoms with Gasteiger partial charge in [-0.2, -0.15) is 0 Å². The van der Waals surface area contributed by atoms with Crippen LogP contribution >= 0.6 is 0 Å². The van der Waals surface area contributed by atoms with Crippen molar-refractivity contribution >= 4 is 5.91 Å². The summed E-state index contributed by atoms with van der Waals surface area (Å²) in [6.07, 6.45) is 0.855. The van der Waals surface area contributed by atoms with Crippen LogP contribution in [0.2, 0.25) is 0 Å². The van der Waals surface area contributed by atoms with E-state index in [1.54, 1.807) is 7.11 Å². The number of para-hydroxylation sites is 1. The number of methoxy groups -OCH3 is 1. The van der Waals surface area contributed by atoms with Gasteiger partial charge in [0.25, 0.3) is 5.91 Å². The molecule has 0 N–H and O–H groups in total. The van der Waals surface area contributed by atoms with E-state index in [0.29, 0.717) is 37.6 Å². The number of carbonyl (C=O) groups excluding carboxylic acids is 1. The molecule has 1 saturated heterocycles. The summed E-state index contributed by atoms with van der Waals surface area (Å²) in [6.45, 7) is 4.58. The van der Waals surface area contributed by atoms with Gasteiger partial charge in [0.05, 0.1) is 25.9 Å². The number of hydrogen-bond donors (Lipinski definition) is 0. The van der Waals surface area contributed by atoms with Crippen LogP contribution in [-0.2, 0) is 11.2 Å². The number of aryl methyl sites for hydroxylation is 1. The zero-order valence-electron chi connectivity index (χ0n) is 10.9. The Morgan fingerprint density at radius 1 is 1.39 bits per heavy atom.